The lowest BCUT2D eigenvalue weighted by molar-refractivity contribution is 0.109. The lowest BCUT2D eigenvalue weighted by Gasteiger charge is -2.36. The summed E-state index contributed by atoms with van der Waals surface area (Å²) in [7, 11) is 4.26. The number of rotatable bonds is 1. The molecule has 88 valence electrons. The Morgan fingerprint density at radius 3 is 2.94 bits per heavy atom. The van der Waals surface area contributed by atoms with Gasteiger partial charge in [-0.1, -0.05) is 12.2 Å². The monoisotopic (exact) mass is 302 g/mol. The van der Waals surface area contributed by atoms with Crippen molar-refractivity contribution in [2.45, 2.75) is 6.04 Å². The highest BCUT2D eigenvalue weighted by Crippen LogP contribution is 2.21. The molecular weight excluding hydrogens is 288 g/mol. The van der Waals surface area contributed by atoms with Crippen LogP contribution in [0.4, 0.5) is 0 Å². The lowest BCUT2D eigenvalue weighted by Crippen LogP contribution is -2.45. The van der Waals surface area contributed by atoms with E-state index < -0.39 is 0 Å². The van der Waals surface area contributed by atoms with Crippen LogP contribution in [0.15, 0.2) is 10.7 Å². The Kier molecular flexibility index (Phi) is 3.73. The number of nitrogens with zero attached hydrogens (tertiary/aromatic N) is 3. The average molecular weight is 303 g/mol. The number of nitrogens with one attached hydrogen (secondary N) is 1. The SMILES string of the molecule is CN1CCN(C)C(c2ncc(Br)c(=S)[nH]2)C1. The zero-order valence-corrected chi connectivity index (χ0v) is 11.8. The third-order valence-electron chi connectivity index (χ3n) is 2.94. The molecule has 0 spiro atoms. The molecule has 1 saturated heterocycles. The van der Waals surface area contributed by atoms with Crippen molar-refractivity contribution < 1.29 is 0 Å². The van der Waals surface area contributed by atoms with E-state index in [0.29, 0.717) is 10.7 Å². The predicted octanol–water partition coefficient (Wildman–Crippen LogP) is 1.82. The number of aromatic nitrogens is 2. The Balaban J connectivity index is 2.28. The highest BCUT2D eigenvalue weighted by Gasteiger charge is 2.25. The largest absolute Gasteiger partial charge is 0.332 e. The molecule has 2 rings (SSSR count). The summed E-state index contributed by atoms with van der Waals surface area (Å²) in [6.45, 7) is 3.14. The maximum Gasteiger partial charge on any atom is 0.125 e. The van der Waals surface area contributed by atoms with Crippen molar-refractivity contribution in [2.75, 3.05) is 33.7 Å². The molecule has 0 radical (unpaired) electrons. The van der Waals surface area contributed by atoms with E-state index in [9.17, 15) is 0 Å². The van der Waals surface area contributed by atoms with Gasteiger partial charge in [0.05, 0.1) is 10.5 Å². The molecule has 16 heavy (non-hydrogen) atoms. The van der Waals surface area contributed by atoms with Crippen LogP contribution in [-0.4, -0.2) is 53.5 Å². The number of piperazine rings is 1. The van der Waals surface area contributed by atoms with E-state index in [4.69, 9.17) is 12.2 Å². The van der Waals surface area contributed by atoms with Crippen LogP contribution in [0.2, 0.25) is 0 Å². The van der Waals surface area contributed by atoms with Gasteiger partial charge in [0.2, 0.25) is 0 Å². The molecule has 0 aromatic carbocycles. The molecule has 2 heterocycles. The zero-order chi connectivity index (χ0) is 11.7. The molecule has 1 aliphatic rings. The van der Waals surface area contributed by atoms with Gasteiger partial charge in [0.25, 0.3) is 0 Å². The third-order valence-corrected chi connectivity index (χ3v) is 4.13. The summed E-state index contributed by atoms with van der Waals surface area (Å²) in [6, 6.07) is 0.300. The van der Waals surface area contributed by atoms with Crippen LogP contribution in [0.5, 0.6) is 0 Å². The number of hydrogen-bond acceptors (Lipinski definition) is 4. The molecule has 1 atom stereocenters. The van der Waals surface area contributed by atoms with Gasteiger partial charge in [-0.25, -0.2) is 4.98 Å². The summed E-state index contributed by atoms with van der Waals surface area (Å²) >= 11 is 8.56. The quantitative estimate of drug-likeness (QED) is 0.803. The van der Waals surface area contributed by atoms with E-state index in [0.717, 1.165) is 29.9 Å². The maximum absolute atomic E-state index is 5.20. The van der Waals surface area contributed by atoms with Gasteiger partial charge >= 0.3 is 0 Å². The van der Waals surface area contributed by atoms with Crippen molar-refractivity contribution in [2.24, 2.45) is 0 Å². The van der Waals surface area contributed by atoms with E-state index in [1.165, 1.54) is 0 Å². The van der Waals surface area contributed by atoms with E-state index >= 15 is 0 Å². The first kappa shape index (κ1) is 12.2. The minimum absolute atomic E-state index is 0.300. The van der Waals surface area contributed by atoms with Gasteiger partial charge < -0.3 is 9.88 Å². The van der Waals surface area contributed by atoms with Crippen LogP contribution in [-0.2, 0) is 0 Å². The lowest BCUT2D eigenvalue weighted by atomic mass is 10.2. The Labute approximate surface area is 109 Å². The van der Waals surface area contributed by atoms with Crippen LogP contribution in [0.25, 0.3) is 0 Å². The summed E-state index contributed by atoms with van der Waals surface area (Å²) in [5.41, 5.74) is 0. The second-order valence-electron chi connectivity index (χ2n) is 4.20. The number of hydrogen-bond donors (Lipinski definition) is 1. The van der Waals surface area contributed by atoms with Crippen LogP contribution in [0.1, 0.15) is 11.9 Å². The molecular formula is C10H15BrN4S. The number of aromatic amines is 1. The van der Waals surface area contributed by atoms with Gasteiger partial charge in [0.1, 0.15) is 10.5 Å². The summed E-state index contributed by atoms with van der Waals surface area (Å²) in [4.78, 5) is 12.2. The molecule has 1 aromatic heterocycles. The number of halogens is 1. The highest BCUT2D eigenvalue weighted by atomic mass is 79.9. The number of H-pyrrole nitrogens is 1. The van der Waals surface area contributed by atoms with Crippen molar-refractivity contribution in [3.63, 3.8) is 0 Å². The van der Waals surface area contributed by atoms with Crippen molar-refractivity contribution in [1.82, 2.24) is 19.8 Å². The maximum atomic E-state index is 5.20. The molecule has 1 unspecified atom stereocenters. The number of likely N-dealkylation sites (N-methyl/N-ethyl adjacent to an activating group) is 2. The van der Waals surface area contributed by atoms with Gasteiger partial charge in [-0.15, -0.1) is 0 Å². The fraction of sp³-hybridized carbons (Fsp3) is 0.600. The van der Waals surface area contributed by atoms with Crippen molar-refractivity contribution >= 4 is 28.1 Å². The van der Waals surface area contributed by atoms with E-state index in [-0.39, 0.29) is 0 Å². The molecule has 1 fully saturated rings. The molecule has 0 amide bonds. The normalized spacial score (nSPS) is 23.6. The topological polar surface area (TPSA) is 35.2 Å². The van der Waals surface area contributed by atoms with E-state index in [1.807, 2.05) is 0 Å². The average Bonchev–Trinajstić information content (AvgIpc) is 2.26. The molecule has 4 nitrogen and oxygen atoms in total. The van der Waals surface area contributed by atoms with Crippen LogP contribution in [0.3, 0.4) is 0 Å². The van der Waals surface area contributed by atoms with Gasteiger partial charge in [0, 0.05) is 25.8 Å². The summed E-state index contributed by atoms with van der Waals surface area (Å²) < 4.78 is 1.56. The Morgan fingerprint density at radius 2 is 2.25 bits per heavy atom. The first-order valence-electron chi connectivity index (χ1n) is 5.21. The molecule has 0 bridgehead atoms. The van der Waals surface area contributed by atoms with Crippen molar-refractivity contribution in [3.05, 3.63) is 21.1 Å². The molecule has 1 aromatic rings. The van der Waals surface area contributed by atoms with Crippen LogP contribution >= 0.6 is 28.1 Å². The Morgan fingerprint density at radius 1 is 1.50 bits per heavy atom. The van der Waals surface area contributed by atoms with Gasteiger partial charge in [-0.3, -0.25) is 4.90 Å². The standard InChI is InChI=1S/C10H15BrN4S/c1-14-3-4-15(2)8(6-14)9-12-5-7(11)10(16)13-9/h5,8H,3-4,6H2,1-2H3,(H,12,13,16). The molecule has 6 heteroatoms. The van der Waals surface area contributed by atoms with Crippen LogP contribution in [0, 0.1) is 4.64 Å². The summed E-state index contributed by atoms with van der Waals surface area (Å²) in [5.74, 6) is 0.947. The minimum atomic E-state index is 0.300. The molecule has 0 saturated carbocycles. The highest BCUT2D eigenvalue weighted by molar-refractivity contribution is 9.10. The fourth-order valence-electron chi connectivity index (χ4n) is 1.87. The zero-order valence-electron chi connectivity index (χ0n) is 9.40. The summed E-state index contributed by atoms with van der Waals surface area (Å²) in [5, 5.41) is 0. The van der Waals surface area contributed by atoms with Crippen LogP contribution < -0.4 is 0 Å². The second-order valence-corrected chi connectivity index (χ2v) is 5.47. The Bertz CT molecular complexity index is 433. The first-order valence-corrected chi connectivity index (χ1v) is 6.41. The van der Waals surface area contributed by atoms with Gasteiger partial charge in [0.15, 0.2) is 0 Å². The minimum Gasteiger partial charge on any atom is -0.332 e. The van der Waals surface area contributed by atoms with Gasteiger partial charge in [-0.05, 0) is 30.0 Å². The Hall–Kier alpha value is -0.300. The first-order chi connectivity index (χ1) is 7.58. The molecule has 1 N–H and O–H groups in total. The smallest absolute Gasteiger partial charge is 0.125 e. The van der Waals surface area contributed by atoms with Crippen molar-refractivity contribution in [3.8, 4) is 0 Å². The van der Waals surface area contributed by atoms with Crippen molar-refractivity contribution in [1.29, 1.82) is 0 Å². The summed E-state index contributed by atoms with van der Waals surface area (Å²) in [6.07, 6.45) is 1.77. The predicted molar refractivity (Wildman–Crippen MR) is 70.0 cm³/mol. The third kappa shape index (κ3) is 2.51. The molecule has 1 aliphatic heterocycles. The molecule has 0 aliphatic carbocycles. The van der Waals surface area contributed by atoms with E-state index in [1.54, 1.807) is 6.20 Å². The van der Waals surface area contributed by atoms with E-state index in [2.05, 4.69) is 49.8 Å². The van der Waals surface area contributed by atoms with Gasteiger partial charge in [-0.2, -0.15) is 0 Å². The second kappa shape index (κ2) is 4.91. The fourth-order valence-corrected chi connectivity index (χ4v) is 2.23.